The molecular weight excluding hydrogens is 719 g/mol. The second-order valence-corrected chi connectivity index (χ2v) is 11.0. The zero-order chi connectivity index (χ0) is 29.8. The topological polar surface area (TPSA) is 56.5 Å². The van der Waals surface area contributed by atoms with Gasteiger partial charge in [-0.05, 0) is 40.8 Å². The molecule has 0 saturated carbocycles. The van der Waals surface area contributed by atoms with Gasteiger partial charge >= 0.3 is 0 Å². The van der Waals surface area contributed by atoms with Gasteiger partial charge in [-0.1, -0.05) is 58.0 Å². The molecule has 0 N–H and O–H groups in total. The summed E-state index contributed by atoms with van der Waals surface area (Å²) in [6, 6.07) is 36.8. The molecule has 0 spiro atoms. The molecule has 0 bridgehead atoms. The van der Waals surface area contributed by atoms with E-state index >= 15 is 0 Å². The summed E-state index contributed by atoms with van der Waals surface area (Å²) in [7, 11) is 0. The number of hydrogen-bond donors (Lipinski definition) is 0. The third kappa shape index (κ3) is 6.23. The molecule has 0 aliphatic carbocycles. The largest absolute Gasteiger partial charge is 0.332 e. The minimum absolute atomic E-state index is 0. The standard InChI is InChI=1S/C27H25N4.C11H8N.Ir/c1-17(2)20-11-8-12-21(18(3)4)25(20)31-26-22-15-28-14-13-23(22)29-16-24(26)30-27(31)19-9-6-5-7-10-19;1-2-6-10(7-3-1)11-8-4-5-9-12-11;/h5-9,11-18H,1-4H3;1-6,8-9H;/q2*-1;. The van der Waals surface area contributed by atoms with Crippen LogP contribution in [-0.4, -0.2) is 24.5 Å². The number of para-hydroxylation sites is 1. The molecule has 4 heterocycles. The molecule has 44 heavy (non-hydrogen) atoms. The fourth-order valence-corrected chi connectivity index (χ4v) is 5.37. The number of benzene rings is 3. The second-order valence-electron chi connectivity index (χ2n) is 11.0. The number of aromatic nitrogens is 5. The SMILES string of the molecule is CC(C)c1cccc(C(C)C)c1-n1c(-c2[c-]cccc2)nc2cnc3ccncc3c21.[Ir].[c-]1ccccc1-c1ccccn1. The van der Waals surface area contributed by atoms with E-state index in [1.807, 2.05) is 79.1 Å². The monoisotopic (exact) mass is 752 g/mol. The summed E-state index contributed by atoms with van der Waals surface area (Å²) < 4.78 is 2.32. The van der Waals surface area contributed by atoms with Crippen LogP contribution >= 0.6 is 0 Å². The van der Waals surface area contributed by atoms with Crippen LogP contribution in [0.4, 0.5) is 0 Å². The van der Waals surface area contributed by atoms with E-state index in [9.17, 15) is 0 Å². The van der Waals surface area contributed by atoms with Crippen molar-refractivity contribution >= 4 is 21.9 Å². The molecule has 0 saturated heterocycles. The first kappa shape index (κ1) is 30.9. The van der Waals surface area contributed by atoms with Crippen molar-refractivity contribution in [2.75, 3.05) is 0 Å². The summed E-state index contributed by atoms with van der Waals surface area (Å²) in [5.41, 5.74) is 9.61. The van der Waals surface area contributed by atoms with E-state index in [-0.39, 0.29) is 20.1 Å². The molecular formula is C38H33IrN5-2. The Morgan fingerprint density at radius 1 is 0.636 bits per heavy atom. The zero-order valence-electron chi connectivity index (χ0n) is 25.2. The Kier molecular flexibility index (Phi) is 9.74. The maximum absolute atomic E-state index is 5.05. The fourth-order valence-electron chi connectivity index (χ4n) is 5.37. The van der Waals surface area contributed by atoms with E-state index in [0.29, 0.717) is 11.8 Å². The molecule has 221 valence electrons. The summed E-state index contributed by atoms with van der Waals surface area (Å²) in [6.45, 7) is 8.99. The van der Waals surface area contributed by atoms with Crippen LogP contribution in [0, 0.1) is 12.1 Å². The summed E-state index contributed by atoms with van der Waals surface area (Å²) in [5.74, 6) is 1.61. The molecule has 1 radical (unpaired) electrons. The molecule has 0 fully saturated rings. The Morgan fingerprint density at radius 3 is 1.93 bits per heavy atom. The van der Waals surface area contributed by atoms with Crippen molar-refractivity contribution in [3.05, 3.63) is 139 Å². The van der Waals surface area contributed by atoms with Crippen LogP contribution < -0.4 is 0 Å². The minimum Gasteiger partial charge on any atom is -0.332 e. The van der Waals surface area contributed by atoms with E-state index in [1.165, 1.54) is 16.8 Å². The number of pyridine rings is 3. The van der Waals surface area contributed by atoms with Gasteiger partial charge in [-0.2, -0.15) is 0 Å². The van der Waals surface area contributed by atoms with Gasteiger partial charge in [0.25, 0.3) is 0 Å². The molecule has 4 aromatic heterocycles. The van der Waals surface area contributed by atoms with Crippen molar-refractivity contribution in [2.24, 2.45) is 0 Å². The number of hydrogen-bond acceptors (Lipinski definition) is 4. The van der Waals surface area contributed by atoms with Crippen molar-refractivity contribution in [1.82, 2.24) is 24.5 Å². The summed E-state index contributed by atoms with van der Waals surface area (Å²) in [4.78, 5) is 18.3. The number of nitrogens with zero attached hydrogens (tertiary/aromatic N) is 5. The van der Waals surface area contributed by atoms with Gasteiger partial charge in [0.05, 0.1) is 28.6 Å². The van der Waals surface area contributed by atoms with E-state index in [1.54, 1.807) is 12.4 Å². The average molecular weight is 752 g/mol. The molecule has 3 aromatic carbocycles. The van der Waals surface area contributed by atoms with Crippen molar-refractivity contribution in [1.29, 1.82) is 0 Å². The molecule has 0 aliphatic rings. The Morgan fingerprint density at radius 2 is 1.32 bits per heavy atom. The van der Waals surface area contributed by atoms with Crippen molar-refractivity contribution < 1.29 is 20.1 Å². The predicted octanol–water partition coefficient (Wildman–Crippen LogP) is 9.23. The number of imidazole rings is 1. The van der Waals surface area contributed by atoms with Crippen LogP contribution in [0.15, 0.2) is 116 Å². The van der Waals surface area contributed by atoms with Crippen molar-refractivity contribution in [3.8, 4) is 28.3 Å². The molecule has 0 amide bonds. The van der Waals surface area contributed by atoms with Crippen molar-refractivity contribution in [3.63, 3.8) is 0 Å². The Hall–Kier alpha value is -4.51. The van der Waals surface area contributed by atoms with Crippen LogP contribution in [0.5, 0.6) is 0 Å². The van der Waals surface area contributed by atoms with E-state index in [2.05, 4.69) is 83.6 Å². The quantitative estimate of drug-likeness (QED) is 0.165. The first-order valence-electron chi connectivity index (χ1n) is 14.6. The summed E-state index contributed by atoms with van der Waals surface area (Å²) in [6.07, 6.45) is 7.34. The molecule has 6 heteroatoms. The molecule has 0 atom stereocenters. The maximum Gasteiger partial charge on any atom is 0.0964 e. The van der Waals surface area contributed by atoms with Crippen LogP contribution in [-0.2, 0) is 20.1 Å². The second kappa shape index (κ2) is 13.9. The van der Waals surface area contributed by atoms with E-state index in [4.69, 9.17) is 4.98 Å². The minimum atomic E-state index is 0. The maximum atomic E-state index is 5.05. The van der Waals surface area contributed by atoms with E-state index < -0.39 is 0 Å². The smallest absolute Gasteiger partial charge is 0.0964 e. The Labute approximate surface area is 272 Å². The summed E-state index contributed by atoms with van der Waals surface area (Å²) in [5, 5.41) is 1.00. The van der Waals surface area contributed by atoms with Gasteiger partial charge in [-0.3, -0.25) is 15.0 Å². The van der Waals surface area contributed by atoms with Crippen LogP contribution in [0.1, 0.15) is 50.7 Å². The zero-order valence-corrected chi connectivity index (χ0v) is 27.6. The number of rotatable bonds is 5. The summed E-state index contributed by atoms with van der Waals surface area (Å²) >= 11 is 0. The molecule has 0 unspecified atom stereocenters. The van der Waals surface area contributed by atoms with Crippen molar-refractivity contribution in [2.45, 2.75) is 39.5 Å². The fraction of sp³-hybridized carbons (Fsp3) is 0.158. The van der Waals surface area contributed by atoms with Crippen LogP contribution in [0.3, 0.4) is 0 Å². The van der Waals surface area contributed by atoms with E-state index in [0.717, 1.165) is 44.6 Å². The molecule has 5 nitrogen and oxygen atoms in total. The first-order chi connectivity index (χ1) is 21.0. The van der Waals surface area contributed by atoms with Crippen LogP contribution in [0.25, 0.3) is 50.3 Å². The molecule has 7 aromatic rings. The van der Waals surface area contributed by atoms with Gasteiger partial charge < -0.3 is 9.55 Å². The van der Waals surface area contributed by atoms with Gasteiger partial charge in [0.2, 0.25) is 0 Å². The third-order valence-electron chi connectivity index (χ3n) is 7.45. The Bertz CT molecular complexity index is 1900. The van der Waals surface area contributed by atoms with Gasteiger partial charge in [-0.15, -0.1) is 71.8 Å². The van der Waals surface area contributed by atoms with Gasteiger partial charge in [0.1, 0.15) is 0 Å². The van der Waals surface area contributed by atoms with Gasteiger partial charge in [-0.25, -0.2) is 0 Å². The molecule has 0 aliphatic heterocycles. The van der Waals surface area contributed by atoms with Crippen LogP contribution in [0.2, 0.25) is 0 Å². The number of fused-ring (bicyclic) bond motifs is 3. The van der Waals surface area contributed by atoms with Gasteiger partial charge in [0, 0.05) is 49.8 Å². The third-order valence-corrected chi connectivity index (χ3v) is 7.45. The Balaban J connectivity index is 0.000000248. The average Bonchev–Trinajstić information content (AvgIpc) is 3.46. The first-order valence-corrected chi connectivity index (χ1v) is 14.6. The van der Waals surface area contributed by atoms with Gasteiger partial charge in [0.15, 0.2) is 0 Å². The predicted molar refractivity (Wildman–Crippen MR) is 175 cm³/mol. The normalized spacial score (nSPS) is 11.0. The molecule has 7 rings (SSSR count).